The van der Waals surface area contributed by atoms with E-state index in [4.69, 9.17) is 0 Å². The van der Waals surface area contributed by atoms with E-state index in [0.717, 1.165) is 0 Å². The van der Waals surface area contributed by atoms with Crippen LogP contribution in [-0.2, 0) is 6.54 Å². The van der Waals surface area contributed by atoms with Gasteiger partial charge in [0.2, 0.25) is 0 Å². The lowest BCUT2D eigenvalue weighted by Gasteiger charge is -2.09. The molecule has 1 aromatic heterocycles. The van der Waals surface area contributed by atoms with Gasteiger partial charge < -0.3 is 5.32 Å². The molecule has 0 aliphatic heterocycles. The Morgan fingerprint density at radius 1 is 1.00 bits per heavy atom. The maximum absolute atomic E-state index is 13.5. The van der Waals surface area contributed by atoms with E-state index in [1.54, 1.807) is 24.3 Å². The first kappa shape index (κ1) is 12.5. The summed E-state index contributed by atoms with van der Waals surface area (Å²) in [6, 6.07) is 10.8. The molecule has 0 saturated heterocycles. The van der Waals surface area contributed by atoms with Gasteiger partial charge in [0.25, 0.3) is 0 Å². The molecule has 3 aromatic rings. The second kappa shape index (κ2) is 5.21. The first-order valence-corrected chi connectivity index (χ1v) is 6.11. The van der Waals surface area contributed by atoms with Gasteiger partial charge in [0.15, 0.2) is 0 Å². The van der Waals surface area contributed by atoms with Crippen LogP contribution in [0.4, 0.5) is 14.6 Å². The van der Waals surface area contributed by atoms with Crippen LogP contribution in [0.5, 0.6) is 0 Å². The Kier molecular flexibility index (Phi) is 3.25. The van der Waals surface area contributed by atoms with Crippen LogP contribution >= 0.6 is 0 Å². The van der Waals surface area contributed by atoms with E-state index in [9.17, 15) is 8.78 Å². The number of benzene rings is 2. The van der Waals surface area contributed by atoms with E-state index in [1.165, 1.54) is 24.5 Å². The highest BCUT2D eigenvalue weighted by atomic mass is 19.1. The fourth-order valence-corrected chi connectivity index (χ4v) is 1.99. The van der Waals surface area contributed by atoms with Gasteiger partial charge in [-0.1, -0.05) is 18.2 Å². The lowest BCUT2D eigenvalue weighted by atomic mass is 10.2. The van der Waals surface area contributed by atoms with Gasteiger partial charge in [0.05, 0.1) is 5.52 Å². The number of anilines is 1. The number of fused-ring (bicyclic) bond motifs is 1. The summed E-state index contributed by atoms with van der Waals surface area (Å²) in [4.78, 5) is 8.15. The lowest BCUT2D eigenvalue weighted by molar-refractivity contribution is 0.613. The predicted octanol–water partition coefficient (Wildman–Crippen LogP) is 3.52. The molecule has 0 fully saturated rings. The second-order valence-electron chi connectivity index (χ2n) is 4.33. The van der Waals surface area contributed by atoms with Gasteiger partial charge in [-0.15, -0.1) is 0 Å². The normalized spacial score (nSPS) is 10.7. The average molecular weight is 271 g/mol. The minimum Gasteiger partial charge on any atom is -0.365 e. The first-order valence-electron chi connectivity index (χ1n) is 6.11. The van der Waals surface area contributed by atoms with E-state index in [1.807, 2.05) is 0 Å². The van der Waals surface area contributed by atoms with Crippen LogP contribution in [0.2, 0.25) is 0 Å². The Morgan fingerprint density at radius 2 is 1.85 bits per heavy atom. The molecule has 0 unspecified atom stereocenters. The molecular formula is C15H11F2N3. The number of nitrogens with one attached hydrogen (secondary N) is 1. The molecule has 0 bridgehead atoms. The van der Waals surface area contributed by atoms with E-state index in [2.05, 4.69) is 15.3 Å². The quantitative estimate of drug-likeness (QED) is 0.792. The van der Waals surface area contributed by atoms with Crippen molar-refractivity contribution in [3.63, 3.8) is 0 Å². The van der Waals surface area contributed by atoms with E-state index < -0.39 is 0 Å². The maximum atomic E-state index is 13.5. The van der Waals surface area contributed by atoms with Gasteiger partial charge in [-0.3, -0.25) is 0 Å². The Balaban J connectivity index is 1.91. The van der Waals surface area contributed by atoms with E-state index >= 15 is 0 Å². The van der Waals surface area contributed by atoms with Crippen LogP contribution in [0.15, 0.2) is 48.8 Å². The third-order valence-corrected chi connectivity index (χ3v) is 3.00. The molecule has 0 amide bonds. The Morgan fingerprint density at radius 3 is 2.70 bits per heavy atom. The minimum atomic E-state index is -0.360. The van der Waals surface area contributed by atoms with Gasteiger partial charge in [0.1, 0.15) is 23.8 Å². The summed E-state index contributed by atoms with van der Waals surface area (Å²) in [5.74, 6) is -0.163. The summed E-state index contributed by atoms with van der Waals surface area (Å²) < 4.78 is 26.8. The van der Waals surface area contributed by atoms with Crippen LogP contribution in [0.3, 0.4) is 0 Å². The van der Waals surface area contributed by atoms with Crippen molar-refractivity contribution in [2.24, 2.45) is 0 Å². The molecule has 3 nitrogen and oxygen atoms in total. The molecule has 0 radical (unpaired) electrons. The molecule has 0 aliphatic rings. The van der Waals surface area contributed by atoms with Gasteiger partial charge in [-0.25, -0.2) is 18.7 Å². The topological polar surface area (TPSA) is 37.8 Å². The smallest absolute Gasteiger partial charge is 0.137 e. The molecule has 20 heavy (non-hydrogen) atoms. The second-order valence-corrected chi connectivity index (χ2v) is 4.33. The van der Waals surface area contributed by atoms with E-state index in [0.29, 0.717) is 22.3 Å². The van der Waals surface area contributed by atoms with Crippen molar-refractivity contribution >= 4 is 16.7 Å². The van der Waals surface area contributed by atoms with Crippen LogP contribution in [-0.4, -0.2) is 9.97 Å². The summed E-state index contributed by atoms with van der Waals surface area (Å²) in [6.45, 7) is 0.273. The maximum Gasteiger partial charge on any atom is 0.137 e. The van der Waals surface area contributed by atoms with Crippen molar-refractivity contribution in [3.05, 3.63) is 66.0 Å². The van der Waals surface area contributed by atoms with Gasteiger partial charge in [-0.05, 0) is 24.3 Å². The highest BCUT2D eigenvalue weighted by Gasteiger charge is 2.06. The fraction of sp³-hybridized carbons (Fsp3) is 0.0667. The SMILES string of the molecule is Fc1ccc2ncnc(NCc3ccccc3F)c2c1. The third-order valence-electron chi connectivity index (χ3n) is 3.00. The zero-order valence-electron chi connectivity index (χ0n) is 10.5. The molecule has 0 aliphatic carbocycles. The van der Waals surface area contributed by atoms with Gasteiger partial charge in [0, 0.05) is 17.5 Å². The molecular weight excluding hydrogens is 260 g/mol. The standard InChI is InChI=1S/C15H11F2N3/c16-11-5-6-14-12(7-11)15(20-9-19-14)18-8-10-3-1-2-4-13(10)17/h1-7,9H,8H2,(H,18,19,20). The molecule has 0 spiro atoms. The minimum absolute atomic E-state index is 0.273. The molecule has 1 N–H and O–H groups in total. The van der Waals surface area contributed by atoms with Gasteiger partial charge in [-0.2, -0.15) is 0 Å². The van der Waals surface area contributed by atoms with Crippen molar-refractivity contribution in [2.75, 3.05) is 5.32 Å². The molecule has 1 heterocycles. The van der Waals surface area contributed by atoms with Gasteiger partial charge >= 0.3 is 0 Å². The largest absolute Gasteiger partial charge is 0.365 e. The zero-order valence-corrected chi connectivity index (χ0v) is 10.5. The van der Waals surface area contributed by atoms with Crippen molar-refractivity contribution < 1.29 is 8.78 Å². The summed E-state index contributed by atoms with van der Waals surface area (Å²) in [5, 5.41) is 3.59. The Hall–Kier alpha value is -2.56. The Labute approximate surface area is 114 Å². The molecule has 5 heteroatoms. The fourth-order valence-electron chi connectivity index (χ4n) is 1.99. The summed E-state index contributed by atoms with van der Waals surface area (Å²) >= 11 is 0. The number of halogens is 2. The molecule has 100 valence electrons. The number of aromatic nitrogens is 2. The molecule has 3 rings (SSSR count). The summed E-state index contributed by atoms with van der Waals surface area (Å²) in [5.41, 5.74) is 1.16. The van der Waals surface area contributed by atoms with Crippen LogP contribution in [0.25, 0.3) is 10.9 Å². The molecule has 2 aromatic carbocycles. The summed E-state index contributed by atoms with van der Waals surface area (Å²) in [7, 11) is 0. The Bertz CT molecular complexity index is 759. The number of nitrogens with zero attached hydrogens (tertiary/aromatic N) is 2. The number of hydrogen-bond acceptors (Lipinski definition) is 3. The first-order chi connectivity index (χ1) is 9.74. The molecule has 0 saturated carbocycles. The third kappa shape index (κ3) is 2.42. The molecule has 0 atom stereocenters. The van der Waals surface area contributed by atoms with Crippen molar-refractivity contribution in [3.8, 4) is 0 Å². The summed E-state index contributed by atoms with van der Waals surface area (Å²) in [6.07, 6.45) is 1.39. The van der Waals surface area contributed by atoms with Crippen LogP contribution in [0, 0.1) is 11.6 Å². The van der Waals surface area contributed by atoms with Crippen molar-refractivity contribution in [1.82, 2.24) is 9.97 Å². The monoisotopic (exact) mass is 271 g/mol. The van der Waals surface area contributed by atoms with E-state index in [-0.39, 0.29) is 18.2 Å². The highest BCUT2D eigenvalue weighted by Crippen LogP contribution is 2.21. The van der Waals surface area contributed by atoms with Crippen LogP contribution in [0.1, 0.15) is 5.56 Å². The lowest BCUT2D eigenvalue weighted by Crippen LogP contribution is -2.04. The predicted molar refractivity (Wildman–Crippen MR) is 73.2 cm³/mol. The van der Waals surface area contributed by atoms with Crippen LogP contribution < -0.4 is 5.32 Å². The average Bonchev–Trinajstić information content (AvgIpc) is 2.46. The number of rotatable bonds is 3. The zero-order chi connectivity index (χ0) is 13.9. The highest BCUT2D eigenvalue weighted by molar-refractivity contribution is 5.88. The van der Waals surface area contributed by atoms with Crippen molar-refractivity contribution in [1.29, 1.82) is 0 Å². The number of hydrogen-bond donors (Lipinski definition) is 1. The van der Waals surface area contributed by atoms with Crippen molar-refractivity contribution in [2.45, 2.75) is 6.54 Å².